The molecule has 2 heterocycles. The number of imidazole rings is 1. The zero-order chi connectivity index (χ0) is 20.2. The van der Waals surface area contributed by atoms with Gasteiger partial charge in [0, 0.05) is 44.1 Å². The lowest BCUT2D eigenvalue weighted by molar-refractivity contribution is 0.0746. The van der Waals surface area contributed by atoms with E-state index < -0.39 is 0 Å². The molecule has 150 valence electrons. The number of benzene rings is 2. The van der Waals surface area contributed by atoms with E-state index in [4.69, 9.17) is 4.74 Å². The van der Waals surface area contributed by atoms with Crippen LogP contribution in [0.1, 0.15) is 17.3 Å². The summed E-state index contributed by atoms with van der Waals surface area (Å²) >= 11 is 0. The molecule has 4 rings (SSSR count). The lowest BCUT2D eigenvalue weighted by Gasteiger charge is -2.36. The monoisotopic (exact) mass is 392 g/mol. The molecule has 7 heteroatoms. The smallest absolute Gasteiger partial charge is 0.330 e. The Hall–Kier alpha value is -3.48. The number of aromatic nitrogens is 2. The number of carbonyl (C=O) groups excluding carboxylic acids is 1. The minimum atomic E-state index is -0.226. The number of piperazine rings is 1. The van der Waals surface area contributed by atoms with E-state index in [1.165, 1.54) is 4.57 Å². The first-order valence-corrected chi connectivity index (χ1v) is 9.80. The Morgan fingerprint density at radius 1 is 1.07 bits per heavy atom. The Morgan fingerprint density at radius 3 is 2.59 bits per heavy atom. The highest BCUT2D eigenvalue weighted by atomic mass is 16.5. The molecule has 2 aromatic carbocycles. The first-order chi connectivity index (χ1) is 14.2. The fourth-order valence-electron chi connectivity index (χ4n) is 3.64. The van der Waals surface area contributed by atoms with E-state index in [1.54, 1.807) is 30.6 Å². The van der Waals surface area contributed by atoms with Crippen molar-refractivity contribution in [2.24, 2.45) is 0 Å². The molecule has 3 aromatic rings. The average Bonchev–Trinajstić information content (AvgIpc) is 3.20. The topological polar surface area (TPSA) is 70.6 Å². The van der Waals surface area contributed by atoms with E-state index >= 15 is 0 Å². The number of rotatable bonds is 5. The van der Waals surface area contributed by atoms with Gasteiger partial charge in [-0.15, -0.1) is 0 Å². The molecule has 29 heavy (non-hydrogen) atoms. The highest BCUT2D eigenvalue weighted by Gasteiger charge is 2.24. The summed E-state index contributed by atoms with van der Waals surface area (Å²) in [6, 6.07) is 15.2. The summed E-state index contributed by atoms with van der Waals surface area (Å²) in [5.74, 6) is 0.854. The van der Waals surface area contributed by atoms with E-state index in [1.807, 2.05) is 36.1 Å². The standard InChI is InChI=1S/C22H24N4O3/c1-2-29-20-9-4-3-8-19(20)24-12-14-25(15-13-24)21(27)17-6-5-7-18(16-17)26-11-10-23-22(26)28/h3-11,16H,2,12-15H2,1H3,(H,23,28). The normalized spacial score (nSPS) is 14.1. The maximum Gasteiger partial charge on any atom is 0.330 e. The van der Waals surface area contributed by atoms with Gasteiger partial charge in [-0.1, -0.05) is 18.2 Å². The van der Waals surface area contributed by atoms with Crippen LogP contribution in [-0.4, -0.2) is 53.1 Å². The molecule has 0 bridgehead atoms. The molecule has 0 aliphatic carbocycles. The van der Waals surface area contributed by atoms with Crippen molar-refractivity contribution in [2.45, 2.75) is 6.92 Å². The van der Waals surface area contributed by atoms with Crippen LogP contribution in [0, 0.1) is 0 Å². The zero-order valence-electron chi connectivity index (χ0n) is 16.4. The van der Waals surface area contributed by atoms with Gasteiger partial charge in [0.25, 0.3) is 5.91 Å². The zero-order valence-corrected chi connectivity index (χ0v) is 16.4. The number of para-hydroxylation sites is 2. The minimum absolute atomic E-state index is 0.0202. The Labute approximate surface area is 169 Å². The van der Waals surface area contributed by atoms with Crippen LogP contribution < -0.4 is 15.3 Å². The number of ether oxygens (including phenoxy) is 1. The van der Waals surface area contributed by atoms with Crippen molar-refractivity contribution in [3.8, 4) is 11.4 Å². The number of nitrogens with zero attached hydrogens (tertiary/aromatic N) is 3. The fourth-order valence-corrected chi connectivity index (χ4v) is 3.64. The van der Waals surface area contributed by atoms with Crippen molar-refractivity contribution in [2.75, 3.05) is 37.7 Å². The number of nitrogens with one attached hydrogen (secondary N) is 1. The van der Waals surface area contributed by atoms with Crippen LogP contribution in [0.4, 0.5) is 5.69 Å². The highest BCUT2D eigenvalue weighted by molar-refractivity contribution is 5.95. The summed E-state index contributed by atoms with van der Waals surface area (Å²) in [7, 11) is 0. The van der Waals surface area contributed by atoms with Crippen LogP contribution in [0.15, 0.2) is 65.7 Å². The van der Waals surface area contributed by atoms with E-state index in [-0.39, 0.29) is 11.6 Å². The van der Waals surface area contributed by atoms with Crippen LogP contribution in [0.25, 0.3) is 5.69 Å². The predicted molar refractivity (Wildman–Crippen MR) is 112 cm³/mol. The van der Waals surface area contributed by atoms with E-state index in [0.717, 1.165) is 24.5 Å². The molecule has 1 aliphatic rings. The van der Waals surface area contributed by atoms with Crippen molar-refractivity contribution in [1.29, 1.82) is 0 Å². The van der Waals surface area contributed by atoms with Crippen molar-refractivity contribution >= 4 is 11.6 Å². The van der Waals surface area contributed by atoms with Crippen molar-refractivity contribution in [3.05, 3.63) is 77.0 Å². The quantitative estimate of drug-likeness (QED) is 0.724. The van der Waals surface area contributed by atoms with Crippen molar-refractivity contribution < 1.29 is 9.53 Å². The first-order valence-electron chi connectivity index (χ1n) is 9.80. The summed E-state index contributed by atoms with van der Waals surface area (Å²) in [5, 5.41) is 0. The lowest BCUT2D eigenvalue weighted by Crippen LogP contribution is -2.48. The van der Waals surface area contributed by atoms with Gasteiger partial charge in [-0.2, -0.15) is 0 Å². The molecule has 1 saturated heterocycles. The van der Waals surface area contributed by atoms with Crippen LogP contribution in [-0.2, 0) is 0 Å². The van der Waals surface area contributed by atoms with Gasteiger partial charge in [-0.25, -0.2) is 4.79 Å². The Morgan fingerprint density at radius 2 is 1.86 bits per heavy atom. The van der Waals surface area contributed by atoms with Crippen LogP contribution >= 0.6 is 0 Å². The number of hydrogen-bond acceptors (Lipinski definition) is 4. The number of H-pyrrole nitrogens is 1. The van der Waals surface area contributed by atoms with Gasteiger partial charge >= 0.3 is 5.69 Å². The van der Waals surface area contributed by atoms with Crippen molar-refractivity contribution in [1.82, 2.24) is 14.5 Å². The molecule has 0 spiro atoms. The fraction of sp³-hybridized carbons (Fsp3) is 0.273. The van der Waals surface area contributed by atoms with Gasteiger partial charge < -0.3 is 19.5 Å². The maximum atomic E-state index is 13.0. The molecule has 1 aromatic heterocycles. The highest BCUT2D eigenvalue weighted by Crippen LogP contribution is 2.29. The van der Waals surface area contributed by atoms with Gasteiger partial charge in [0.15, 0.2) is 0 Å². The summed E-state index contributed by atoms with van der Waals surface area (Å²) in [5.41, 5.74) is 2.09. The van der Waals surface area contributed by atoms with Crippen LogP contribution in [0.3, 0.4) is 0 Å². The number of carbonyl (C=O) groups is 1. The number of hydrogen-bond donors (Lipinski definition) is 1. The third-order valence-corrected chi connectivity index (χ3v) is 5.09. The second kappa shape index (κ2) is 8.26. The Bertz CT molecular complexity index is 1050. The second-order valence-corrected chi connectivity index (χ2v) is 6.87. The Balaban J connectivity index is 1.46. The molecule has 1 N–H and O–H groups in total. The van der Waals surface area contributed by atoms with Crippen LogP contribution in [0.5, 0.6) is 5.75 Å². The molecular weight excluding hydrogens is 368 g/mol. The predicted octanol–water partition coefficient (Wildman–Crippen LogP) is 2.53. The van der Waals surface area contributed by atoms with E-state index in [0.29, 0.717) is 30.9 Å². The van der Waals surface area contributed by atoms with Crippen LogP contribution in [0.2, 0.25) is 0 Å². The lowest BCUT2D eigenvalue weighted by atomic mass is 10.1. The molecular formula is C22H24N4O3. The summed E-state index contributed by atoms with van der Waals surface area (Å²) in [6.07, 6.45) is 3.23. The molecule has 0 saturated carbocycles. The average molecular weight is 392 g/mol. The first kappa shape index (κ1) is 18.9. The summed E-state index contributed by atoms with van der Waals surface area (Å²) < 4.78 is 7.22. The number of amides is 1. The van der Waals surface area contributed by atoms with E-state index in [2.05, 4.69) is 16.0 Å². The number of aromatic amines is 1. The largest absolute Gasteiger partial charge is 0.492 e. The SMILES string of the molecule is CCOc1ccccc1N1CCN(C(=O)c2cccc(-n3cc[nH]c3=O)c2)CC1. The summed E-state index contributed by atoms with van der Waals surface area (Å²) in [4.78, 5) is 31.6. The third kappa shape index (κ3) is 3.89. The summed E-state index contributed by atoms with van der Waals surface area (Å²) in [6.45, 7) is 5.35. The molecule has 1 fully saturated rings. The second-order valence-electron chi connectivity index (χ2n) is 6.87. The molecule has 1 aliphatic heterocycles. The maximum absolute atomic E-state index is 13.0. The molecule has 1 amide bonds. The molecule has 7 nitrogen and oxygen atoms in total. The Kier molecular flexibility index (Phi) is 5.37. The molecule has 0 radical (unpaired) electrons. The van der Waals surface area contributed by atoms with Gasteiger partial charge in [-0.3, -0.25) is 9.36 Å². The minimum Gasteiger partial charge on any atom is -0.492 e. The molecule has 0 unspecified atom stereocenters. The molecule has 0 atom stereocenters. The van der Waals surface area contributed by atoms with Gasteiger partial charge in [0.2, 0.25) is 0 Å². The van der Waals surface area contributed by atoms with Crippen molar-refractivity contribution in [3.63, 3.8) is 0 Å². The van der Waals surface area contributed by atoms with Gasteiger partial charge in [0.1, 0.15) is 5.75 Å². The van der Waals surface area contributed by atoms with Gasteiger partial charge in [0.05, 0.1) is 18.0 Å². The third-order valence-electron chi connectivity index (χ3n) is 5.09. The number of anilines is 1. The van der Waals surface area contributed by atoms with Gasteiger partial charge in [-0.05, 0) is 37.3 Å². The van der Waals surface area contributed by atoms with E-state index in [9.17, 15) is 9.59 Å².